The average Bonchev–Trinajstić information content (AvgIpc) is 2.77. The van der Waals surface area contributed by atoms with Crippen LogP contribution < -0.4 is 0 Å². The Morgan fingerprint density at radius 2 is 2.00 bits per heavy atom. The first-order valence-corrected chi connectivity index (χ1v) is 6.17. The Bertz CT molecular complexity index is 434. The van der Waals surface area contributed by atoms with Crippen LogP contribution in [0, 0.1) is 5.92 Å². The summed E-state index contributed by atoms with van der Waals surface area (Å²) in [5.74, 6) is 1.25. The zero-order valence-electron chi connectivity index (χ0n) is 10.1. The highest BCUT2D eigenvalue weighted by Gasteiger charge is 2.19. The molecule has 2 rings (SSSR count). The van der Waals surface area contributed by atoms with E-state index < -0.39 is 0 Å². The summed E-state index contributed by atoms with van der Waals surface area (Å²) >= 11 is 5.82. The molecule has 0 bridgehead atoms. The molecule has 3 heteroatoms. The van der Waals surface area contributed by atoms with Gasteiger partial charge in [0.1, 0.15) is 6.61 Å². The number of hydrogen-bond acceptors (Lipinski definition) is 2. The van der Waals surface area contributed by atoms with Crippen molar-refractivity contribution in [3.63, 3.8) is 0 Å². The van der Waals surface area contributed by atoms with Crippen LogP contribution in [0.5, 0.6) is 0 Å². The topological polar surface area (TPSA) is 21.6 Å². The molecule has 1 aromatic rings. The van der Waals surface area contributed by atoms with E-state index in [1.807, 2.05) is 36.4 Å². The van der Waals surface area contributed by atoms with Crippen molar-refractivity contribution in [2.45, 2.75) is 19.9 Å². The quantitative estimate of drug-likeness (QED) is 0.798. The molecule has 0 radical (unpaired) electrons. The van der Waals surface area contributed by atoms with Crippen LogP contribution in [0.4, 0.5) is 0 Å². The minimum atomic E-state index is 0.292. The van der Waals surface area contributed by atoms with Gasteiger partial charge in [-0.25, -0.2) is 4.99 Å². The predicted octanol–water partition coefficient (Wildman–Crippen LogP) is 3.81. The third-order valence-electron chi connectivity index (χ3n) is 2.75. The van der Waals surface area contributed by atoms with E-state index in [1.165, 1.54) is 0 Å². The molecule has 1 aliphatic heterocycles. The lowest BCUT2D eigenvalue weighted by atomic mass is 10.1. The Hall–Kier alpha value is -1.28. The van der Waals surface area contributed by atoms with Crippen LogP contribution in [-0.2, 0) is 4.74 Å². The van der Waals surface area contributed by atoms with Crippen LogP contribution in [0.15, 0.2) is 35.3 Å². The maximum atomic E-state index is 5.82. The number of nitrogens with zero attached hydrogens (tertiary/aromatic N) is 1. The monoisotopic (exact) mass is 249 g/mol. The van der Waals surface area contributed by atoms with E-state index in [0.29, 0.717) is 18.6 Å². The van der Waals surface area contributed by atoms with E-state index in [9.17, 15) is 0 Å². The smallest absolute Gasteiger partial charge is 0.209 e. The molecule has 0 N–H and O–H groups in total. The molecule has 2 nitrogen and oxygen atoms in total. The van der Waals surface area contributed by atoms with Gasteiger partial charge in [-0.15, -0.1) is 0 Å². The van der Waals surface area contributed by atoms with Crippen LogP contribution >= 0.6 is 11.6 Å². The molecule has 0 aromatic heterocycles. The predicted molar refractivity (Wildman–Crippen MR) is 72.5 cm³/mol. The van der Waals surface area contributed by atoms with Gasteiger partial charge >= 0.3 is 0 Å². The van der Waals surface area contributed by atoms with Crippen LogP contribution in [0.2, 0.25) is 5.02 Å². The van der Waals surface area contributed by atoms with Crippen LogP contribution in [0.1, 0.15) is 19.4 Å². The molecule has 0 saturated heterocycles. The Labute approximate surface area is 107 Å². The van der Waals surface area contributed by atoms with Gasteiger partial charge in [-0.05, 0) is 29.7 Å². The first kappa shape index (κ1) is 12.2. The molecule has 17 heavy (non-hydrogen) atoms. The Morgan fingerprint density at radius 3 is 2.59 bits per heavy atom. The lowest BCUT2D eigenvalue weighted by Gasteiger charge is -2.06. The average molecular weight is 250 g/mol. The zero-order chi connectivity index (χ0) is 12.3. The molecule has 1 aromatic carbocycles. The fourth-order valence-electron chi connectivity index (χ4n) is 1.58. The van der Waals surface area contributed by atoms with Crippen molar-refractivity contribution in [2.75, 3.05) is 6.61 Å². The minimum Gasteiger partial charge on any atom is -0.476 e. The molecule has 0 saturated carbocycles. The Kier molecular flexibility index (Phi) is 3.85. The van der Waals surface area contributed by atoms with E-state index >= 15 is 0 Å². The van der Waals surface area contributed by atoms with Gasteiger partial charge in [0, 0.05) is 11.1 Å². The van der Waals surface area contributed by atoms with Gasteiger partial charge in [-0.3, -0.25) is 0 Å². The Balaban J connectivity index is 2.02. The van der Waals surface area contributed by atoms with E-state index in [1.54, 1.807) is 0 Å². The summed E-state index contributed by atoms with van der Waals surface area (Å²) in [5.41, 5.74) is 1.09. The first-order chi connectivity index (χ1) is 8.15. The molecule has 90 valence electrons. The third-order valence-corrected chi connectivity index (χ3v) is 3.00. The van der Waals surface area contributed by atoms with E-state index in [-0.39, 0.29) is 0 Å². The maximum absolute atomic E-state index is 5.82. The van der Waals surface area contributed by atoms with Gasteiger partial charge < -0.3 is 4.74 Å². The van der Waals surface area contributed by atoms with Gasteiger partial charge in [0.25, 0.3) is 0 Å². The Morgan fingerprint density at radius 1 is 1.29 bits per heavy atom. The van der Waals surface area contributed by atoms with Crippen molar-refractivity contribution >= 4 is 23.6 Å². The molecule has 0 unspecified atom stereocenters. The van der Waals surface area contributed by atoms with Crippen molar-refractivity contribution < 1.29 is 4.74 Å². The van der Waals surface area contributed by atoms with Crippen molar-refractivity contribution in [2.24, 2.45) is 10.9 Å². The highest BCUT2D eigenvalue weighted by molar-refractivity contribution is 6.30. The van der Waals surface area contributed by atoms with Crippen LogP contribution in [0.25, 0.3) is 6.08 Å². The lowest BCUT2D eigenvalue weighted by Crippen LogP contribution is -2.13. The summed E-state index contributed by atoms with van der Waals surface area (Å²) < 4.78 is 5.51. The maximum Gasteiger partial charge on any atom is 0.209 e. The normalized spacial score (nSPS) is 19.8. The summed E-state index contributed by atoms with van der Waals surface area (Å²) in [5, 5.41) is 0.747. The molecular formula is C14H16ClNO. The van der Waals surface area contributed by atoms with Crippen molar-refractivity contribution in [1.29, 1.82) is 0 Å². The molecule has 0 spiro atoms. The fourth-order valence-corrected chi connectivity index (χ4v) is 1.71. The number of benzene rings is 1. The highest BCUT2D eigenvalue weighted by atomic mass is 35.5. The van der Waals surface area contributed by atoms with Crippen molar-refractivity contribution in [3.05, 3.63) is 40.9 Å². The molecule has 1 heterocycles. The summed E-state index contributed by atoms with van der Waals surface area (Å²) in [4.78, 5) is 4.50. The van der Waals surface area contributed by atoms with E-state index in [2.05, 4.69) is 18.8 Å². The minimum absolute atomic E-state index is 0.292. The second-order valence-electron chi connectivity index (χ2n) is 4.47. The summed E-state index contributed by atoms with van der Waals surface area (Å²) in [6, 6.07) is 7.97. The van der Waals surface area contributed by atoms with Crippen molar-refractivity contribution in [3.8, 4) is 0 Å². The van der Waals surface area contributed by atoms with Gasteiger partial charge in [0.05, 0.1) is 6.04 Å². The van der Waals surface area contributed by atoms with E-state index in [4.69, 9.17) is 16.3 Å². The molecule has 0 fully saturated rings. The van der Waals surface area contributed by atoms with Gasteiger partial charge in [0.15, 0.2) is 0 Å². The van der Waals surface area contributed by atoms with Crippen LogP contribution in [0.3, 0.4) is 0 Å². The second-order valence-corrected chi connectivity index (χ2v) is 4.91. The molecule has 0 aliphatic carbocycles. The summed E-state index contributed by atoms with van der Waals surface area (Å²) in [6.45, 7) is 5.00. The second kappa shape index (κ2) is 5.37. The SMILES string of the molecule is CC(C)[C@H]1COC(/C=C/c2ccc(Cl)cc2)=N1. The molecule has 1 aliphatic rings. The van der Waals surface area contributed by atoms with Crippen LogP contribution in [-0.4, -0.2) is 18.5 Å². The van der Waals surface area contributed by atoms with Gasteiger partial charge in [-0.2, -0.15) is 0 Å². The van der Waals surface area contributed by atoms with Crippen molar-refractivity contribution in [1.82, 2.24) is 0 Å². The van der Waals surface area contributed by atoms with E-state index in [0.717, 1.165) is 16.5 Å². The largest absolute Gasteiger partial charge is 0.476 e. The zero-order valence-corrected chi connectivity index (χ0v) is 10.8. The lowest BCUT2D eigenvalue weighted by molar-refractivity contribution is 0.293. The van der Waals surface area contributed by atoms with Gasteiger partial charge in [0.2, 0.25) is 5.90 Å². The number of hydrogen-bond donors (Lipinski definition) is 0. The standard InChI is InChI=1S/C14H16ClNO/c1-10(2)13-9-17-14(16-13)8-5-11-3-6-12(15)7-4-11/h3-8,10,13H,9H2,1-2H3/b8-5+/t13-/m1/s1. The third kappa shape index (κ3) is 3.34. The fraction of sp³-hybridized carbons (Fsp3) is 0.357. The number of halogens is 1. The van der Waals surface area contributed by atoms with Gasteiger partial charge in [-0.1, -0.05) is 37.6 Å². The number of rotatable bonds is 3. The molecule has 0 amide bonds. The number of aliphatic imine (C=N–C) groups is 1. The summed E-state index contributed by atoms with van der Waals surface area (Å²) in [7, 11) is 0. The highest BCUT2D eigenvalue weighted by Crippen LogP contribution is 2.15. The molecule has 1 atom stereocenters. The first-order valence-electron chi connectivity index (χ1n) is 5.79. The number of ether oxygens (including phenoxy) is 1. The summed E-state index contributed by atoms with van der Waals surface area (Å²) in [6.07, 6.45) is 3.89. The molecular weight excluding hydrogens is 234 g/mol.